The molecule has 0 aromatic heterocycles. The Morgan fingerprint density at radius 2 is 2.13 bits per heavy atom. The molecule has 0 saturated carbocycles. The van der Waals surface area contributed by atoms with Crippen LogP contribution in [0.25, 0.3) is 0 Å². The Bertz CT molecular complexity index is 362. The largest absolute Gasteiger partial charge is 0.309 e. The second-order valence-electron chi connectivity index (χ2n) is 3.37. The van der Waals surface area contributed by atoms with Crippen LogP contribution in [0, 0.1) is 11.8 Å². The van der Waals surface area contributed by atoms with E-state index in [4.69, 9.17) is 0 Å². The molecule has 80 valence electrons. The van der Waals surface area contributed by atoms with Crippen LogP contribution in [0.15, 0.2) is 28.7 Å². The topological polar surface area (TPSA) is 12.0 Å². The lowest BCUT2D eigenvalue weighted by Crippen LogP contribution is -2.19. The van der Waals surface area contributed by atoms with E-state index < -0.39 is 0 Å². The summed E-state index contributed by atoms with van der Waals surface area (Å²) in [6, 6.07) is 8.65. The van der Waals surface area contributed by atoms with Crippen molar-refractivity contribution in [3.8, 4) is 11.8 Å². The van der Waals surface area contributed by atoms with Crippen molar-refractivity contribution in [3.63, 3.8) is 0 Å². The maximum absolute atomic E-state index is 3.55. The molecule has 1 nitrogen and oxygen atoms in total. The van der Waals surface area contributed by atoms with Gasteiger partial charge in [0, 0.05) is 23.5 Å². The van der Waals surface area contributed by atoms with Crippen molar-refractivity contribution in [2.45, 2.75) is 26.3 Å². The van der Waals surface area contributed by atoms with E-state index in [9.17, 15) is 0 Å². The molecule has 1 aromatic rings. The van der Waals surface area contributed by atoms with E-state index in [0.29, 0.717) is 6.04 Å². The first kappa shape index (κ1) is 12.3. The van der Waals surface area contributed by atoms with Crippen LogP contribution in [0.4, 0.5) is 0 Å². The lowest BCUT2D eigenvalue weighted by Gasteiger charge is -2.14. The molecule has 1 N–H and O–H groups in total. The van der Waals surface area contributed by atoms with Gasteiger partial charge in [-0.15, -0.1) is 11.8 Å². The summed E-state index contributed by atoms with van der Waals surface area (Å²) in [6.07, 6.45) is 0.908. The summed E-state index contributed by atoms with van der Waals surface area (Å²) in [4.78, 5) is 0. The van der Waals surface area contributed by atoms with E-state index in [1.54, 1.807) is 0 Å². The van der Waals surface area contributed by atoms with Gasteiger partial charge in [0.2, 0.25) is 0 Å². The fourth-order valence-corrected chi connectivity index (χ4v) is 2.04. The van der Waals surface area contributed by atoms with Crippen LogP contribution in [0.3, 0.4) is 0 Å². The van der Waals surface area contributed by atoms with Crippen molar-refractivity contribution in [2.75, 3.05) is 6.54 Å². The lowest BCUT2D eigenvalue weighted by molar-refractivity contribution is 0.582. The van der Waals surface area contributed by atoms with E-state index in [2.05, 4.69) is 58.2 Å². The molecule has 0 aliphatic rings. The van der Waals surface area contributed by atoms with Gasteiger partial charge in [-0.25, -0.2) is 0 Å². The average molecular weight is 266 g/mol. The van der Waals surface area contributed by atoms with E-state index in [-0.39, 0.29) is 0 Å². The highest BCUT2D eigenvalue weighted by molar-refractivity contribution is 9.10. The van der Waals surface area contributed by atoms with Crippen molar-refractivity contribution in [1.82, 2.24) is 5.32 Å². The summed E-state index contributed by atoms with van der Waals surface area (Å²) in [5.74, 6) is 5.94. The van der Waals surface area contributed by atoms with Crippen LogP contribution < -0.4 is 5.32 Å². The Morgan fingerprint density at radius 1 is 1.40 bits per heavy atom. The second-order valence-corrected chi connectivity index (χ2v) is 4.23. The zero-order valence-corrected chi connectivity index (χ0v) is 10.8. The minimum absolute atomic E-state index is 0.360. The van der Waals surface area contributed by atoms with Gasteiger partial charge in [-0.2, -0.15) is 0 Å². The molecular formula is C13H16BrN. The molecule has 1 unspecified atom stereocenters. The van der Waals surface area contributed by atoms with Crippen molar-refractivity contribution in [2.24, 2.45) is 0 Å². The molecule has 0 saturated heterocycles. The lowest BCUT2D eigenvalue weighted by atomic mass is 10.1. The normalized spacial score (nSPS) is 11.7. The van der Waals surface area contributed by atoms with E-state index in [1.165, 1.54) is 5.56 Å². The zero-order chi connectivity index (χ0) is 11.1. The summed E-state index contributed by atoms with van der Waals surface area (Å²) >= 11 is 3.55. The third-order valence-corrected chi connectivity index (χ3v) is 2.97. The Balaban J connectivity index is 2.49. The minimum Gasteiger partial charge on any atom is -0.309 e. The monoisotopic (exact) mass is 265 g/mol. The molecule has 1 aromatic carbocycles. The molecule has 1 atom stereocenters. The summed E-state index contributed by atoms with van der Waals surface area (Å²) < 4.78 is 1.16. The maximum Gasteiger partial charge on any atom is 0.0303 e. The van der Waals surface area contributed by atoms with Crippen LogP contribution in [-0.2, 0) is 0 Å². The first-order chi connectivity index (χ1) is 7.25. The molecule has 0 fully saturated rings. The minimum atomic E-state index is 0.360. The maximum atomic E-state index is 3.55. The number of benzene rings is 1. The summed E-state index contributed by atoms with van der Waals surface area (Å²) in [6.45, 7) is 4.97. The number of hydrogen-bond acceptors (Lipinski definition) is 1. The zero-order valence-electron chi connectivity index (χ0n) is 9.18. The Hall–Kier alpha value is -0.780. The van der Waals surface area contributed by atoms with E-state index >= 15 is 0 Å². The predicted molar refractivity (Wildman–Crippen MR) is 68.6 cm³/mol. The highest BCUT2D eigenvalue weighted by atomic mass is 79.9. The molecule has 2 heteroatoms. The van der Waals surface area contributed by atoms with Gasteiger partial charge in [-0.1, -0.05) is 34.1 Å². The number of nitrogens with one attached hydrogen (secondary N) is 1. The highest BCUT2D eigenvalue weighted by Crippen LogP contribution is 2.22. The van der Waals surface area contributed by atoms with Gasteiger partial charge < -0.3 is 5.32 Å². The molecule has 1 rings (SSSR count). The Kier molecular flexibility index (Phi) is 5.45. The fraction of sp³-hybridized carbons (Fsp3) is 0.385. The van der Waals surface area contributed by atoms with Gasteiger partial charge in [0.05, 0.1) is 0 Å². The van der Waals surface area contributed by atoms with Gasteiger partial charge in [0.1, 0.15) is 0 Å². The first-order valence-corrected chi connectivity index (χ1v) is 5.92. The second kappa shape index (κ2) is 6.66. The van der Waals surface area contributed by atoms with Crippen molar-refractivity contribution < 1.29 is 0 Å². The van der Waals surface area contributed by atoms with Crippen LogP contribution in [0.2, 0.25) is 0 Å². The number of rotatable bonds is 4. The van der Waals surface area contributed by atoms with Gasteiger partial charge in [0.15, 0.2) is 0 Å². The van der Waals surface area contributed by atoms with Gasteiger partial charge >= 0.3 is 0 Å². The third kappa shape index (κ3) is 4.07. The first-order valence-electron chi connectivity index (χ1n) is 5.13. The number of hydrogen-bond donors (Lipinski definition) is 1. The van der Waals surface area contributed by atoms with Gasteiger partial charge in [-0.05, 0) is 25.5 Å². The smallest absolute Gasteiger partial charge is 0.0303 e. The van der Waals surface area contributed by atoms with Crippen molar-refractivity contribution >= 4 is 15.9 Å². The SMILES string of the molecule is CC#CCCNC(C)c1ccccc1Br. The van der Waals surface area contributed by atoms with Gasteiger partial charge in [-0.3, -0.25) is 0 Å². The quantitative estimate of drug-likeness (QED) is 0.649. The van der Waals surface area contributed by atoms with Crippen LogP contribution in [0.1, 0.15) is 31.9 Å². The molecule has 0 amide bonds. The van der Waals surface area contributed by atoms with E-state index in [0.717, 1.165) is 17.4 Å². The Labute approximate surface area is 100 Å². The molecule has 0 aliphatic heterocycles. The van der Waals surface area contributed by atoms with Crippen LogP contribution in [-0.4, -0.2) is 6.54 Å². The Morgan fingerprint density at radius 3 is 2.80 bits per heavy atom. The van der Waals surface area contributed by atoms with Crippen LogP contribution in [0.5, 0.6) is 0 Å². The third-order valence-electron chi connectivity index (χ3n) is 2.25. The van der Waals surface area contributed by atoms with Gasteiger partial charge in [0.25, 0.3) is 0 Å². The molecule has 0 radical (unpaired) electrons. The summed E-state index contributed by atoms with van der Waals surface area (Å²) in [7, 11) is 0. The fourth-order valence-electron chi connectivity index (χ4n) is 1.41. The van der Waals surface area contributed by atoms with E-state index in [1.807, 2.05) is 13.0 Å². The number of halogens is 1. The van der Waals surface area contributed by atoms with Crippen LogP contribution >= 0.6 is 15.9 Å². The highest BCUT2D eigenvalue weighted by Gasteiger charge is 2.06. The molecule has 0 aliphatic carbocycles. The molecule has 0 spiro atoms. The van der Waals surface area contributed by atoms with Crippen molar-refractivity contribution in [1.29, 1.82) is 0 Å². The average Bonchev–Trinajstić information content (AvgIpc) is 2.25. The molecule has 0 heterocycles. The predicted octanol–water partition coefficient (Wildman–Crippen LogP) is 3.51. The molecule has 0 bridgehead atoms. The summed E-state index contributed by atoms with van der Waals surface area (Å²) in [5, 5.41) is 3.44. The standard InChI is InChI=1S/C13H16BrN/c1-3-4-7-10-15-11(2)12-8-5-6-9-13(12)14/h5-6,8-9,11,15H,7,10H2,1-2H3. The molecular weight excluding hydrogens is 250 g/mol. The van der Waals surface area contributed by atoms with Crippen molar-refractivity contribution in [3.05, 3.63) is 34.3 Å². The molecule has 15 heavy (non-hydrogen) atoms. The summed E-state index contributed by atoms with van der Waals surface area (Å²) in [5.41, 5.74) is 1.29.